The third-order valence-corrected chi connectivity index (χ3v) is 1.94. The number of hydrogen-bond acceptors (Lipinski definition) is 4. The first-order chi connectivity index (χ1) is 7.85. The molecule has 4 heteroatoms. The summed E-state index contributed by atoms with van der Waals surface area (Å²) in [6, 6.07) is 6.55. The van der Waals surface area contributed by atoms with E-state index in [1.165, 1.54) is 13.2 Å². The van der Waals surface area contributed by atoms with E-state index in [4.69, 9.17) is 9.47 Å². The Balaban J connectivity index is 2.93. The quantitative estimate of drug-likeness (QED) is 0.458. The summed E-state index contributed by atoms with van der Waals surface area (Å²) in [5.74, 6) is -1.21. The van der Waals surface area contributed by atoms with Gasteiger partial charge in [0.25, 0.3) is 5.78 Å². The van der Waals surface area contributed by atoms with Gasteiger partial charge in [-0.25, -0.2) is 4.79 Å². The van der Waals surface area contributed by atoms with E-state index in [2.05, 4.69) is 0 Å². The van der Waals surface area contributed by atoms with Gasteiger partial charge in [0.1, 0.15) is 11.4 Å². The van der Waals surface area contributed by atoms with Gasteiger partial charge in [-0.3, -0.25) is 4.79 Å². The monoisotopic (exact) mass is 236 g/mol. The van der Waals surface area contributed by atoms with Crippen molar-refractivity contribution in [2.75, 3.05) is 7.11 Å². The van der Waals surface area contributed by atoms with Crippen LogP contribution in [0.25, 0.3) is 0 Å². The second kappa shape index (κ2) is 4.99. The van der Waals surface area contributed by atoms with Crippen LogP contribution in [0.15, 0.2) is 24.3 Å². The first kappa shape index (κ1) is 13.2. The third kappa shape index (κ3) is 3.59. The first-order valence-electron chi connectivity index (χ1n) is 5.26. The fourth-order valence-corrected chi connectivity index (χ4v) is 1.27. The molecule has 0 fully saturated rings. The zero-order valence-electron chi connectivity index (χ0n) is 10.4. The molecule has 1 aromatic carbocycles. The molecule has 0 amide bonds. The standard InChI is InChI=1S/C13H16O4/c1-13(2,3)17-12(15)11(14)9-7-5-6-8-10(9)16-4/h5-8H,1-4H3. The number of benzene rings is 1. The minimum atomic E-state index is -0.873. The van der Waals surface area contributed by atoms with Crippen molar-refractivity contribution in [2.45, 2.75) is 26.4 Å². The van der Waals surface area contributed by atoms with Crippen molar-refractivity contribution >= 4 is 11.8 Å². The van der Waals surface area contributed by atoms with Gasteiger partial charge in [-0.2, -0.15) is 0 Å². The number of para-hydroxylation sites is 1. The Labute approximate surface area is 101 Å². The molecule has 0 bridgehead atoms. The Morgan fingerprint density at radius 1 is 1.12 bits per heavy atom. The molecule has 4 nitrogen and oxygen atoms in total. The third-order valence-electron chi connectivity index (χ3n) is 1.94. The first-order valence-corrected chi connectivity index (χ1v) is 5.26. The number of rotatable bonds is 3. The van der Waals surface area contributed by atoms with Crippen LogP contribution < -0.4 is 4.74 Å². The lowest BCUT2D eigenvalue weighted by atomic mass is 10.1. The highest BCUT2D eigenvalue weighted by molar-refractivity contribution is 6.41. The summed E-state index contributed by atoms with van der Waals surface area (Å²) in [7, 11) is 1.45. The zero-order valence-corrected chi connectivity index (χ0v) is 10.4. The highest BCUT2D eigenvalue weighted by Gasteiger charge is 2.25. The molecular formula is C13H16O4. The van der Waals surface area contributed by atoms with Gasteiger partial charge < -0.3 is 9.47 Å². The minimum absolute atomic E-state index is 0.212. The van der Waals surface area contributed by atoms with E-state index in [9.17, 15) is 9.59 Å². The average Bonchev–Trinajstić information content (AvgIpc) is 2.25. The number of carbonyl (C=O) groups is 2. The Morgan fingerprint density at radius 2 is 1.71 bits per heavy atom. The van der Waals surface area contributed by atoms with Crippen molar-refractivity contribution in [3.05, 3.63) is 29.8 Å². The molecule has 0 atom stereocenters. The van der Waals surface area contributed by atoms with E-state index < -0.39 is 17.4 Å². The predicted octanol–water partition coefficient (Wildman–Crippen LogP) is 2.22. The van der Waals surface area contributed by atoms with Crippen molar-refractivity contribution in [1.82, 2.24) is 0 Å². The lowest BCUT2D eigenvalue weighted by Gasteiger charge is -2.19. The SMILES string of the molecule is COc1ccccc1C(=O)C(=O)OC(C)(C)C. The van der Waals surface area contributed by atoms with Gasteiger partial charge in [-0.15, -0.1) is 0 Å². The highest BCUT2D eigenvalue weighted by Crippen LogP contribution is 2.19. The Bertz CT molecular complexity index is 429. The lowest BCUT2D eigenvalue weighted by Crippen LogP contribution is -2.29. The molecule has 0 N–H and O–H groups in total. The second-order valence-electron chi connectivity index (χ2n) is 4.53. The Morgan fingerprint density at radius 3 is 2.24 bits per heavy atom. The molecule has 17 heavy (non-hydrogen) atoms. The minimum Gasteiger partial charge on any atom is -0.496 e. The maximum atomic E-state index is 11.8. The van der Waals surface area contributed by atoms with Gasteiger partial charge >= 0.3 is 5.97 Å². The van der Waals surface area contributed by atoms with E-state index in [0.29, 0.717) is 5.75 Å². The number of ketones is 1. The molecule has 1 rings (SSSR count). The summed E-state index contributed by atoms with van der Waals surface area (Å²) in [6.07, 6.45) is 0. The van der Waals surface area contributed by atoms with E-state index in [1.807, 2.05) is 0 Å². The van der Waals surface area contributed by atoms with Gasteiger partial charge in [0, 0.05) is 0 Å². The van der Waals surface area contributed by atoms with Crippen molar-refractivity contribution in [3.8, 4) is 5.75 Å². The molecule has 0 aliphatic heterocycles. The number of esters is 1. The summed E-state index contributed by atoms with van der Waals surface area (Å²) in [5, 5.41) is 0. The molecule has 1 aromatic rings. The van der Waals surface area contributed by atoms with Crippen LogP contribution in [0.4, 0.5) is 0 Å². The van der Waals surface area contributed by atoms with Crippen LogP contribution in [0.5, 0.6) is 5.75 Å². The number of carbonyl (C=O) groups excluding carboxylic acids is 2. The van der Waals surface area contributed by atoms with Crippen LogP contribution in [0, 0.1) is 0 Å². The molecule has 0 aliphatic carbocycles. The molecule has 0 unspecified atom stereocenters. The van der Waals surface area contributed by atoms with Gasteiger partial charge in [0.2, 0.25) is 0 Å². The number of Topliss-reactive ketones (excluding diaryl/α,β-unsaturated/α-hetero) is 1. The predicted molar refractivity (Wildman–Crippen MR) is 63.2 cm³/mol. The summed E-state index contributed by atoms with van der Waals surface area (Å²) in [6.45, 7) is 5.13. The van der Waals surface area contributed by atoms with Crippen molar-refractivity contribution in [3.63, 3.8) is 0 Å². The van der Waals surface area contributed by atoms with Gasteiger partial charge in [0.05, 0.1) is 12.7 Å². The fourth-order valence-electron chi connectivity index (χ4n) is 1.27. The molecule has 0 spiro atoms. The summed E-state index contributed by atoms with van der Waals surface area (Å²) >= 11 is 0. The van der Waals surface area contributed by atoms with Crippen LogP contribution in [-0.2, 0) is 9.53 Å². The van der Waals surface area contributed by atoms with Crippen LogP contribution in [-0.4, -0.2) is 24.5 Å². The second-order valence-corrected chi connectivity index (χ2v) is 4.53. The van der Waals surface area contributed by atoms with Crippen molar-refractivity contribution < 1.29 is 19.1 Å². The van der Waals surface area contributed by atoms with E-state index >= 15 is 0 Å². The summed E-state index contributed by atoms with van der Waals surface area (Å²) < 4.78 is 10.0. The van der Waals surface area contributed by atoms with Crippen LogP contribution in [0.3, 0.4) is 0 Å². The van der Waals surface area contributed by atoms with Crippen LogP contribution >= 0.6 is 0 Å². The van der Waals surface area contributed by atoms with Crippen molar-refractivity contribution in [1.29, 1.82) is 0 Å². The Hall–Kier alpha value is -1.84. The maximum Gasteiger partial charge on any atom is 0.380 e. The number of ether oxygens (including phenoxy) is 2. The molecule has 0 saturated heterocycles. The van der Waals surface area contributed by atoms with Gasteiger partial charge in [0.15, 0.2) is 0 Å². The smallest absolute Gasteiger partial charge is 0.380 e. The van der Waals surface area contributed by atoms with Crippen LogP contribution in [0.1, 0.15) is 31.1 Å². The summed E-state index contributed by atoms with van der Waals surface area (Å²) in [5.41, 5.74) is -0.473. The molecule has 0 heterocycles. The highest BCUT2D eigenvalue weighted by atomic mass is 16.6. The molecule has 0 aliphatic rings. The summed E-state index contributed by atoms with van der Waals surface area (Å²) in [4.78, 5) is 23.4. The zero-order chi connectivity index (χ0) is 13.1. The normalized spacial score (nSPS) is 10.8. The van der Waals surface area contributed by atoms with E-state index in [1.54, 1.807) is 39.0 Å². The molecular weight excluding hydrogens is 220 g/mol. The molecule has 0 aromatic heterocycles. The average molecular weight is 236 g/mol. The fraction of sp³-hybridized carbons (Fsp3) is 0.385. The van der Waals surface area contributed by atoms with E-state index in [-0.39, 0.29) is 5.56 Å². The Kier molecular flexibility index (Phi) is 3.89. The maximum absolute atomic E-state index is 11.8. The largest absolute Gasteiger partial charge is 0.496 e. The van der Waals surface area contributed by atoms with Crippen molar-refractivity contribution in [2.24, 2.45) is 0 Å². The molecule has 0 radical (unpaired) electrons. The lowest BCUT2D eigenvalue weighted by molar-refractivity contribution is -0.148. The number of methoxy groups -OCH3 is 1. The van der Waals surface area contributed by atoms with Gasteiger partial charge in [-0.05, 0) is 32.9 Å². The topological polar surface area (TPSA) is 52.6 Å². The van der Waals surface area contributed by atoms with E-state index in [0.717, 1.165) is 0 Å². The number of hydrogen-bond donors (Lipinski definition) is 0. The van der Waals surface area contributed by atoms with Gasteiger partial charge in [-0.1, -0.05) is 12.1 Å². The molecule has 92 valence electrons. The molecule has 0 saturated carbocycles. The van der Waals surface area contributed by atoms with Crippen LogP contribution in [0.2, 0.25) is 0 Å².